The molecule has 23 heavy (non-hydrogen) atoms. The van der Waals surface area contributed by atoms with Crippen molar-refractivity contribution >= 4 is 11.7 Å². The Balaban J connectivity index is 1.67. The average Bonchev–Trinajstić information content (AvgIpc) is 2.85. The third-order valence-corrected chi connectivity index (χ3v) is 8.31. The van der Waals surface area contributed by atoms with E-state index in [4.69, 9.17) is 5.73 Å². The molecule has 126 valence electrons. The average molecular weight is 315 g/mol. The first kappa shape index (κ1) is 15.4. The smallest absolute Gasteiger partial charge is 0.221 e. The molecule has 3 heteroatoms. The molecule has 4 aliphatic rings. The Labute approximate surface area is 139 Å². The van der Waals surface area contributed by atoms with Gasteiger partial charge in [0.05, 0.1) is 0 Å². The van der Waals surface area contributed by atoms with Gasteiger partial charge in [-0.25, -0.2) is 0 Å². The molecular formula is C20H29NO2. The number of allylic oxidation sites excluding steroid dienone is 1. The van der Waals surface area contributed by atoms with Crippen molar-refractivity contribution in [3.63, 3.8) is 0 Å². The zero-order valence-electron chi connectivity index (χ0n) is 14.4. The van der Waals surface area contributed by atoms with Crippen LogP contribution in [-0.4, -0.2) is 11.7 Å². The summed E-state index contributed by atoms with van der Waals surface area (Å²) >= 11 is 0. The number of primary amides is 1. The monoisotopic (exact) mass is 315 g/mol. The summed E-state index contributed by atoms with van der Waals surface area (Å²) in [5.74, 6) is 2.38. The molecule has 0 aromatic rings. The number of nitrogens with two attached hydrogens (primary N) is 1. The van der Waals surface area contributed by atoms with Gasteiger partial charge in [-0.15, -0.1) is 0 Å². The van der Waals surface area contributed by atoms with Gasteiger partial charge in [-0.2, -0.15) is 0 Å². The Morgan fingerprint density at radius 3 is 2.61 bits per heavy atom. The minimum absolute atomic E-state index is 0.0751. The molecule has 0 radical (unpaired) electrons. The molecule has 2 N–H and O–H groups in total. The van der Waals surface area contributed by atoms with Crippen LogP contribution in [0.5, 0.6) is 0 Å². The molecule has 4 rings (SSSR count). The lowest BCUT2D eigenvalue weighted by Crippen LogP contribution is -2.51. The highest BCUT2D eigenvalue weighted by Crippen LogP contribution is 2.66. The van der Waals surface area contributed by atoms with Crippen LogP contribution in [0.2, 0.25) is 0 Å². The van der Waals surface area contributed by atoms with E-state index in [-0.39, 0.29) is 22.7 Å². The van der Waals surface area contributed by atoms with E-state index in [0.29, 0.717) is 23.5 Å². The number of ketones is 1. The third kappa shape index (κ3) is 2.01. The molecule has 0 spiro atoms. The van der Waals surface area contributed by atoms with Gasteiger partial charge in [0.25, 0.3) is 0 Å². The number of fused-ring (bicyclic) bond motifs is 5. The molecule has 0 saturated heterocycles. The molecule has 3 saturated carbocycles. The second-order valence-electron chi connectivity index (χ2n) is 9.05. The third-order valence-electron chi connectivity index (χ3n) is 8.31. The van der Waals surface area contributed by atoms with E-state index in [2.05, 4.69) is 13.8 Å². The van der Waals surface area contributed by atoms with Crippen molar-refractivity contribution < 1.29 is 9.59 Å². The van der Waals surface area contributed by atoms with Gasteiger partial charge in [0, 0.05) is 12.3 Å². The lowest BCUT2D eigenvalue weighted by atomic mass is 9.47. The SMILES string of the molecule is C[C@]12CC[C@H]3[C@@H](CCC4=CC(=O)CC[C@@]43C)[C@@H]1CC[C@@H]2C(N)=O. The Kier molecular flexibility index (Phi) is 3.31. The Morgan fingerprint density at radius 1 is 1.09 bits per heavy atom. The van der Waals surface area contributed by atoms with Crippen molar-refractivity contribution in [2.45, 2.75) is 65.2 Å². The highest BCUT2D eigenvalue weighted by Gasteiger charge is 2.59. The molecule has 1 amide bonds. The van der Waals surface area contributed by atoms with E-state index in [1.54, 1.807) is 0 Å². The number of hydrogen-bond donors (Lipinski definition) is 1. The van der Waals surface area contributed by atoms with E-state index < -0.39 is 0 Å². The summed E-state index contributed by atoms with van der Waals surface area (Å²) in [5, 5.41) is 0. The van der Waals surface area contributed by atoms with Crippen LogP contribution in [0.25, 0.3) is 0 Å². The van der Waals surface area contributed by atoms with Crippen molar-refractivity contribution in [3.05, 3.63) is 11.6 Å². The minimum Gasteiger partial charge on any atom is -0.369 e. The molecule has 0 aromatic heterocycles. The predicted molar refractivity (Wildman–Crippen MR) is 89.4 cm³/mol. The molecule has 0 aromatic carbocycles. The quantitative estimate of drug-likeness (QED) is 0.803. The normalized spacial score (nSPS) is 49.0. The van der Waals surface area contributed by atoms with E-state index in [0.717, 1.165) is 32.1 Å². The van der Waals surface area contributed by atoms with Gasteiger partial charge < -0.3 is 5.73 Å². The molecule has 0 heterocycles. The predicted octanol–water partition coefficient (Wildman–Crippen LogP) is 3.62. The largest absolute Gasteiger partial charge is 0.369 e. The van der Waals surface area contributed by atoms with Gasteiger partial charge >= 0.3 is 0 Å². The van der Waals surface area contributed by atoms with Gasteiger partial charge in [0.1, 0.15) is 0 Å². The number of carbonyl (C=O) groups excluding carboxylic acids is 2. The van der Waals surface area contributed by atoms with Gasteiger partial charge in [0.15, 0.2) is 5.78 Å². The molecule has 4 aliphatic carbocycles. The van der Waals surface area contributed by atoms with Gasteiger partial charge in [0.2, 0.25) is 5.91 Å². The summed E-state index contributed by atoms with van der Waals surface area (Å²) in [4.78, 5) is 23.8. The van der Waals surface area contributed by atoms with Crippen molar-refractivity contribution in [1.82, 2.24) is 0 Å². The van der Waals surface area contributed by atoms with E-state index in [9.17, 15) is 9.59 Å². The van der Waals surface area contributed by atoms with Crippen LogP contribution in [0, 0.1) is 34.5 Å². The zero-order valence-corrected chi connectivity index (χ0v) is 14.4. The summed E-state index contributed by atoms with van der Waals surface area (Å²) in [6.07, 6.45) is 10.5. The highest BCUT2D eigenvalue weighted by molar-refractivity contribution is 5.91. The Morgan fingerprint density at radius 2 is 1.87 bits per heavy atom. The number of amides is 1. The topological polar surface area (TPSA) is 60.2 Å². The van der Waals surface area contributed by atoms with E-state index in [1.165, 1.54) is 24.8 Å². The summed E-state index contributed by atoms with van der Waals surface area (Å²) in [6, 6.07) is 0. The molecule has 3 nitrogen and oxygen atoms in total. The standard InChI is InChI=1S/C20H29NO2/c1-19-9-7-13(22)11-12(19)3-4-14-15-5-6-17(18(21)23)20(15,2)10-8-16(14)19/h11,14-17H,3-10H2,1-2H3,(H2,21,23)/t14-,15-,16-,17+,19-,20-/m0/s1. The minimum atomic E-state index is -0.0840. The Hall–Kier alpha value is -1.12. The second-order valence-corrected chi connectivity index (χ2v) is 9.05. The molecule has 6 atom stereocenters. The van der Waals surface area contributed by atoms with Crippen molar-refractivity contribution in [3.8, 4) is 0 Å². The van der Waals surface area contributed by atoms with Crippen LogP contribution in [0.4, 0.5) is 0 Å². The summed E-state index contributed by atoms with van der Waals surface area (Å²) in [5.41, 5.74) is 7.48. The van der Waals surface area contributed by atoms with Crippen molar-refractivity contribution in [2.24, 2.45) is 40.2 Å². The summed E-state index contributed by atoms with van der Waals surface area (Å²) in [6.45, 7) is 4.74. The summed E-state index contributed by atoms with van der Waals surface area (Å²) < 4.78 is 0. The second kappa shape index (κ2) is 4.94. The lowest BCUT2D eigenvalue weighted by Gasteiger charge is -2.58. The molecule has 0 unspecified atom stereocenters. The fraction of sp³-hybridized carbons (Fsp3) is 0.800. The van der Waals surface area contributed by atoms with Crippen LogP contribution in [0.3, 0.4) is 0 Å². The van der Waals surface area contributed by atoms with Crippen LogP contribution in [0.15, 0.2) is 11.6 Å². The van der Waals surface area contributed by atoms with E-state index in [1.807, 2.05) is 6.08 Å². The summed E-state index contributed by atoms with van der Waals surface area (Å²) in [7, 11) is 0. The van der Waals surface area contributed by atoms with Gasteiger partial charge in [-0.05, 0) is 79.6 Å². The molecule has 3 fully saturated rings. The van der Waals surface area contributed by atoms with Crippen LogP contribution in [-0.2, 0) is 9.59 Å². The zero-order chi connectivity index (χ0) is 16.4. The maximum Gasteiger partial charge on any atom is 0.221 e. The van der Waals surface area contributed by atoms with Gasteiger partial charge in [-0.1, -0.05) is 19.4 Å². The van der Waals surface area contributed by atoms with E-state index >= 15 is 0 Å². The number of rotatable bonds is 1. The fourth-order valence-corrected chi connectivity index (χ4v) is 7.03. The van der Waals surface area contributed by atoms with Crippen molar-refractivity contribution in [1.29, 1.82) is 0 Å². The maximum absolute atomic E-state index is 11.9. The fourth-order valence-electron chi connectivity index (χ4n) is 7.03. The van der Waals surface area contributed by atoms with Crippen molar-refractivity contribution in [2.75, 3.05) is 0 Å². The number of carbonyl (C=O) groups is 2. The van der Waals surface area contributed by atoms with Crippen LogP contribution >= 0.6 is 0 Å². The first-order valence-electron chi connectivity index (χ1n) is 9.39. The maximum atomic E-state index is 11.9. The Bertz CT molecular complexity index is 594. The molecule has 0 aliphatic heterocycles. The molecular weight excluding hydrogens is 286 g/mol. The van der Waals surface area contributed by atoms with Crippen LogP contribution in [0.1, 0.15) is 65.2 Å². The first-order chi connectivity index (χ1) is 10.9. The first-order valence-corrected chi connectivity index (χ1v) is 9.39. The number of hydrogen-bond acceptors (Lipinski definition) is 2. The van der Waals surface area contributed by atoms with Gasteiger partial charge in [-0.3, -0.25) is 9.59 Å². The van der Waals surface area contributed by atoms with Crippen LogP contribution < -0.4 is 5.73 Å². The molecule has 0 bridgehead atoms. The lowest BCUT2D eigenvalue weighted by molar-refractivity contribution is -0.129. The highest BCUT2D eigenvalue weighted by atomic mass is 16.1.